The Bertz CT molecular complexity index is 1390. The molecule has 2 fully saturated rings. The molecule has 35 heavy (non-hydrogen) atoms. The van der Waals surface area contributed by atoms with E-state index in [-0.39, 0.29) is 20.6 Å². The number of amides is 3. The summed E-state index contributed by atoms with van der Waals surface area (Å²) in [7, 11) is -3.49. The molecule has 0 spiro atoms. The molecule has 3 aromatic rings. The third-order valence-corrected chi connectivity index (χ3v) is 9.81. The Balaban J connectivity index is 1.27. The molecule has 11 heteroatoms. The smallest absolute Gasteiger partial charge is 0.302 e. The molecule has 2 N–H and O–H groups in total. The molecule has 0 radical (unpaired) electrons. The number of carbonyl (C=O) groups is 2. The highest BCUT2D eigenvalue weighted by atomic mass is 35.5. The fraction of sp³-hybridized carbons (Fsp3) is 0.375. The molecule has 1 saturated heterocycles. The van der Waals surface area contributed by atoms with E-state index in [1.54, 1.807) is 36.4 Å². The highest BCUT2D eigenvalue weighted by molar-refractivity contribution is 7.92. The second kappa shape index (κ2) is 9.85. The number of nitrogens with zero attached hydrogens (tertiary/aromatic N) is 2. The van der Waals surface area contributed by atoms with Crippen LogP contribution in [0, 0.1) is 5.92 Å². The number of hydrogen-bond acceptors (Lipinski definition) is 7. The molecule has 2 aliphatic rings. The number of rotatable bonds is 6. The van der Waals surface area contributed by atoms with Gasteiger partial charge in [0.1, 0.15) is 0 Å². The zero-order valence-corrected chi connectivity index (χ0v) is 21.3. The van der Waals surface area contributed by atoms with Crippen LogP contribution >= 0.6 is 22.9 Å². The minimum atomic E-state index is -3.49. The SMILES string of the molecule is O=C(NC(=O)c1ccccc1Cl)Nc1nc2ccc(S(=O)(=O)C3CCCN(CC4CC4)C3)cc2s1. The van der Waals surface area contributed by atoms with E-state index in [1.165, 1.54) is 18.9 Å². The summed E-state index contributed by atoms with van der Waals surface area (Å²) >= 11 is 7.15. The molecule has 1 aromatic heterocycles. The van der Waals surface area contributed by atoms with Crippen molar-refractivity contribution in [3.05, 3.63) is 53.1 Å². The molecule has 184 valence electrons. The summed E-state index contributed by atoms with van der Waals surface area (Å²) in [5.74, 6) is 0.0962. The van der Waals surface area contributed by atoms with E-state index in [2.05, 4.69) is 20.5 Å². The highest BCUT2D eigenvalue weighted by Gasteiger charge is 2.34. The standard InChI is InChI=1S/C24H25ClN4O4S2/c25-19-6-2-1-5-18(19)22(30)27-23(31)28-24-26-20-10-9-16(12-21(20)34-24)35(32,33)17-4-3-11-29(14-17)13-15-7-8-15/h1-2,5-6,9-10,12,15,17H,3-4,7-8,11,13-14H2,(H2,26,27,28,30,31). The predicted molar refractivity (Wildman–Crippen MR) is 137 cm³/mol. The molecule has 1 aliphatic heterocycles. The minimum Gasteiger partial charge on any atom is -0.302 e. The van der Waals surface area contributed by atoms with Crippen molar-refractivity contribution in [2.75, 3.05) is 25.0 Å². The highest BCUT2D eigenvalue weighted by Crippen LogP contribution is 2.33. The lowest BCUT2D eigenvalue weighted by atomic mass is 10.1. The number of fused-ring (bicyclic) bond motifs is 1. The van der Waals surface area contributed by atoms with Crippen LogP contribution in [0.2, 0.25) is 5.02 Å². The second-order valence-corrected chi connectivity index (χ2v) is 12.7. The molecule has 0 bridgehead atoms. The van der Waals surface area contributed by atoms with Gasteiger partial charge in [0.2, 0.25) is 0 Å². The quantitative estimate of drug-likeness (QED) is 0.482. The van der Waals surface area contributed by atoms with Crippen molar-refractivity contribution < 1.29 is 18.0 Å². The summed E-state index contributed by atoms with van der Waals surface area (Å²) in [6.07, 6.45) is 4.04. The van der Waals surface area contributed by atoms with Crippen LogP contribution in [-0.4, -0.2) is 55.1 Å². The number of halogens is 1. The van der Waals surface area contributed by atoms with Gasteiger partial charge in [-0.15, -0.1) is 0 Å². The molecule has 8 nitrogen and oxygen atoms in total. The van der Waals surface area contributed by atoms with Crippen LogP contribution in [0.15, 0.2) is 47.4 Å². The Morgan fingerprint density at radius 2 is 1.94 bits per heavy atom. The molecule has 5 rings (SSSR count). The van der Waals surface area contributed by atoms with E-state index in [4.69, 9.17) is 11.6 Å². The largest absolute Gasteiger partial charge is 0.327 e. The van der Waals surface area contributed by atoms with Crippen LogP contribution in [-0.2, 0) is 9.84 Å². The maximum atomic E-state index is 13.4. The zero-order chi connectivity index (χ0) is 24.6. The summed E-state index contributed by atoms with van der Waals surface area (Å²) in [5, 5.41) is 4.84. The van der Waals surface area contributed by atoms with E-state index in [1.807, 2.05) is 0 Å². The Morgan fingerprint density at radius 1 is 1.14 bits per heavy atom. The molecule has 1 aliphatic carbocycles. The van der Waals surface area contributed by atoms with Crippen LogP contribution in [0.1, 0.15) is 36.0 Å². The summed E-state index contributed by atoms with van der Waals surface area (Å²) in [4.78, 5) is 31.5. The van der Waals surface area contributed by atoms with E-state index in [0.717, 1.165) is 36.8 Å². The molecule has 1 unspecified atom stereocenters. The first-order valence-corrected chi connectivity index (χ1v) is 14.3. The number of nitrogens with one attached hydrogen (secondary N) is 2. The van der Waals surface area contributed by atoms with Gasteiger partial charge in [0, 0.05) is 13.1 Å². The van der Waals surface area contributed by atoms with E-state index in [9.17, 15) is 18.0 Å². The average molecular weight is 533 g/mol. The van der Waals surface area contributed by atoms with Gasteiger partial charge < -0.3 is 4.90 Å². The van der Waals surface area contributed by atoms with Crippen molar-refractivity contribution >= 4 is 60.1 Å². The Morgan fingerprint density at radius 3 is 2.71 bits per heavy atom. The van der Waals surface area contributed by atoms with Gasteiger partial charge in [-0.1, -0.05) is 35.1 Å². The summed E-state index contributed by atoms with van der Waals surface area (Å²) < 4.78 is 27.4. The lowest BCUT2D eigenvalue weighted by molar-refractivity contribution is 0.0967. The maximum Gasteiger partial charge on any atom is 0.327 e. The van der Waals surface area contributed by atoms with Crippen LogP contribution in [0.25, 0.3) is 10.2 Å². The van der Waals surface area contributed by atoms with Crippen molar-refractivity contribution in [3.63, 3.8) is 0 Å². The number of piperidine rings is 1. The van der Waals surface area contributed by atoms with Crippen molar-refractivity contribution in [2.24, 2.45) is 5.92 Å². The van der Waals surface area contributed by atoms with Crippen LogP contribution in [0.5, 0.6) is 0 Å². The van der Waals surface area contributed by atoms with Gasteiger partial charge in [0.15, 0.2) is 15.0 Å². The number of carbonyl (C=O) groups excluding carboxylic acids is 2. The molecule has 3 amide bonds. The number of hydrogen-bond donors (Lipinski definition) is 2. The third kappa shape index (κ3) is 5.50. The first-order chi connectivity index (χ1) is 16.8. The number of imide groups is 1. The lowest BCUT2D eigenvalue weighted by Crippen LogP contribution is -2.43. The second-order valence-electron chi connectivity index (χ2n) is 9.05. The molecule has 2 heterocycles. The van der Waals surface area contributed by atoms with Gasteiger partial charge in [0.25, 0.3) is 5.91 Å². The number of thiazole rings is 1. The van der Waals surface area contributed by atoms with Crippen molar-refractivity contribution in [3.8, 4) is 0 Å². The van der Waals surface area contributed by atoms with Gasteiger partial charge in [-0.2, -0.15) is 0 Å². The fourth-order valence-electron chi connectivity index (χ4n) is 4.37. The van der Waals surface area contributed by atoms with Crippen molar-refractivity contribution in [1.29, 1.82) is 0 Å². The molecule has 1 saturated carbocycles. The Labute approximate surface area is 212 Å². The molecule has 1 atom stereocenters. The van der Waals surface area contributed by atoms with Crippen LogP contribution in [0.3, 0.4) is 0 Å². The number of aromatic nitrogens is 1. The van der Waals surface area contributed by atoms with E-state index < -0.39 is 27.0 Å². The maximum absolute atomic E-state index is 13.4. The predicted octanol–water partition coefficient (Wildman–Crippen LogP) is 4.56. The summed E-state index contributed by atoms with van der Waals surface area (Å²) in [6, 6.07) is 10.5. The average Bonchev–Trinajstić information content (AvgIpc) is 3.55. The normalized spacial score (nSPS) is 18.9. The van der Waals surface area contributed by atoms with Gasteiger partial charge in [-0.25, -0.2) is 18.2 Å². The minimum absolute atomic E-state index is 0.182. The number of urea groups is 1. The van der Waals surface area contributed by atoms with Gasteiger partial charge in [0.05, 0.1) is 30.9 Å². The molecule has 2 aromatic carbocycles. The lowest BCUT2D eigenvalue weighted by Gasteiger charge is -2.32. The molecular weight excluding hydrogens is 508 g/mol. The number of likely N-dealkylation sites (tertiary alicyclic amines) is 1. The van der Waals surface area contributed by atoms with Crippen molar-refractivity contribution in [1.82, 2.24) is 15.2 Å². The van der Waals surface area contributed by atoms with Crippen LogP contribution in [0.4, 0.5) is 9.93 Å². The number of benzene rings is 2. The Kier molecular flexibility index (Phi) is 6.80. The topological polar surface area (TPSA) is 108 Å². The number of sulfone groups is 1. The number of anilines is 1. The van der Waals surface area contributed by atoms with Crippen LogP contribution < -0.4 is 10.6 Å². The summed E-state index contributed by atoms with van der Waals surface area (Å²) in [6.45, 7) is 2.54. The van der Waals surface area contributed by atoms with E-state index >= 15 is 0 Å². The summed E-state index contributed by atoms with van der Waals surface area (Å²) in [5.41, 5.74) is 0.752. The Hall–Kier alpha value is -2.53. The zero-order valence-electron chi connectivity index (χ0n) is 18.9. The van der Waals surface area contributed by atoms with Gasteiger partial charge >= 0.3 is 6.03 Å². The monoisotopic (exact) mass is 532 g/mol. The van der Waals surface area contributed by atoms with Gasteiger partial charge in [-0.3, -0.25) is 15.4 Å². The van der Waals surface area contributed by atoms with Gasteiger partial charge in [-0.05, 0) is 68.5 Å². The third-order valence-electron chi connectivity index (χ3n) is 6.37. The molecular formula is C24H25ClN4O4S2. The van der Waals surface area contributed by atoms with E-state index in [0.29, 0.717) is 23.2 Å². The van der Waals surface area contributed by atoms with Crippen molar-refractivity contribution in [2.45, 2.75) is 35.8 Å². The first-order valence-electron chi connectivity index (χ1n) is 11.5. The first kappa shape index (κ1) is 24.2. The fourth-order valence-corrected chi connectivity index (χ4v) is 7.37.